The van der Waals surface area contributed by atoms with Gasteiger partial charge in [-0.1, -0.05) is 40.6 Å². The van der Waals surface area contributed by atoms with Crippen molar-refractivity contribution in [2.24, 2.45) is 11.1 Å². The number of benzene rings is 1. The van der Waals surface area contributed by atoms with Crippen LogP contribution in [0.15, 0.2) is 40.0 Å². The van der Waals surface area contributed by atoms with Crippen molar-refractivity contribution in [3.8, 4) is 0 Å². The third-order valence-corrected chi connectivity index (χ3v) is 4.55. The van der Waals surface area contributed by atoms with Crippen LogP contribution in [0.3, 0.4) is 0 Å². The molecule has 2 aromatic rings. The molecule has 2 aliphatic rings. The summed E-state index contributed by atoms with van der Waals surface area (Å²) in [6, 6.07) is 9.51. The highest BCUT2D eigenvalue weighted by molar-refractivity contribution is 6.01. The Morgan fingerprint density at radius 3 is 2.68 bits per heavy atom. The highest BCUT2D eigenvalue weighted by Gasteiger charge is 2.39. The van der Waals surface area contributed by atoms with Crippen molar-refractivity contribution in [3.63, 3.8) is 0 Å². The minimum absolute atomic E-state index is 0.290. The Balaban J connectivity index is 1.42. The summed E-state index contributed by atoms with van der Waals surface area (Å²) in [7, 11) is 0. The standard InChI is InChI=1S/C20H24N4O4/c1-20(2,3)26-19(25)21-16(13-9-10-13)17-22-18(28-24-17)15-11-14(23-27-15)12-7-5-4-6-8-12/h4-8,13,15-16H,9-11H2,1-3H3,(H,21,25)/t15-,16+/m0/s1. The van der Waals surface area contributed by atoms with Gasteiger partial charge in [0.1, 0.15) is 5.60 Å². The molecule has 0 radical (unpaired) electrons. The zero-order valence-corrected chi connectivity index (χ0v) is 16.2. The number of amides is 1. The molecular weight excluding hydrogens is 360 g/mol. The molecule has 0 saturated heterocycles. The number of ether oxygens (including phenoxy) is 1. The summed E-state index contributed by atoms with van der Waals surface area (Å²) in [5.41, 5.74) is 1.28. The average molecular weight is 384 g/mol. The highest BCUT2D eigenvalue weighted by atomic mass is 16.7. The quantitative estimate of drug-likeness (QED) is 0.839. The molecule has 1 aromatic heterocycles. The largest absolute Gasteiger partial charge is 0.444 e. The highest BCUT2D eigenvalue weighted by Crippen LogP contribution is 2.41. The van der Waals surface area contributed by atoms with Crippen LogP contribution in [0, 0.1) is 5.92 Å². The zero-order valence-electron chi connectivity index (χ0n) is 16.2. The van der Waals surface area contributed by atoms with Crippen molar-refractivity contribution in [1.82, 2.24) is 15.5 Å². The van der Waals surface area contributed by atoms with Crippen LogP contribution >= 0.6 is 0 Å². The lowest BCUT2D eigenvalue weighted by Gasteiger charge is -2.22. The van der Waals surface area contributed by atoms with Crippen molar-refractivity contribution in [2.75, 3.05) is 0 Å². The molecule has 1 aliphatic carbocycles. The maximum atomic E-state index is 12.2. The molecule has 0 bridgehead atoms. The monoisotopic (exact) mass is 384 g/mol. The maximum Gasteiger partial charge on any atom is 0.408 e. The fourth-order valence-corrected chi connectivity index (χ4v) is 3.07. The molecule has 1 N–H and O–H groups in total. The van der Waals surface area contributed by atoms with E-state index in [9.17, 15) is 4.79 Å². The third-order valence-electron chi connectivity index (χ3n) is 4.55. The molecule has 8 heteroatoms. The number of carbonyl (C=O) groups is 1. The topological polar surface area (TPSA) is 98.8 Å². The van der Waals surface area contributed by atoms with Gasteiger partial charge >= 0.3 is 6.09 Å². The first-order valence-corrected chi connectivity index (χ1v) is 9.50. The molecule has 1 aromatic carbocycles. The Bertz CT molecular complexity index is 868. The van der Waals surface area contributed by atoms with Crippen LogP contribution in [-0.2, 0) is 9.57 Å². The predicted molar refractivity (Wildman–Crippen MR) is 101 cm³/mol. The van der Waals surface area contributed by atoms with Gasteiger partial charge < -0.3 is 19.4 Å². The van der Waals surface area contributed by atoms with Gasteiger partial charge in [0.2, 0.25) is 6.10 Å². The number of alkyl carbamates (subject to hydrolysis) is 1. The Morgan fingerprint density at radius 2 is 2.00 bits per heavy atom. The number of hydrogen-bond acceptors (Lipinski definition) is 7. The van der Waals surface area contributed by atoms with Gasteiger partial charge in [-0.15, -0.1) is 0 Å². The zero-order chi connectivity index (χ0) is 19.7. The molecule has 148 valence electrons. The lowest BCUT2D eigenvalue weighted by Crippen LogP contribution is -2.36. The molecule has 0 unspecified atom stereocenters. The van der Waals surface area contributed by atoms with Gasteiger partial charge in [-0.3, -0.25) is 0 Å². The SMILES string of the molecule is CC(C)(C)OC(=O)N[C@@H](c1noc([C@@H]2CC(c3ccccc3)=NO2)n1)C1CC1. The summed E-state index contributed by atoms with van der Waals surface area (Å²) < 4.78 is 10.8. The van der Waals surface area contributed by atoms with Crippen LogP contribution in [0.5, 0.6) is 0 Å². The van der Waals surface area contributed by atoms with Gasteiger partial charge in [0, 0.05) is 6.42 Å². The van der Waals surface area contributed by atoms with Crippen molar-refractivity contribution >= 4 is 11.8 Å². The molecule has 8 nitrogen and oxygen atoms in total. The molecule has 2 atom stereocenters. The predicted octanol–water partition coefficient (Wildman–Crippen LogP) is 3.91. The lowest BCUT2D eigenvalue weighted by molar-refractivity contribution is 0.0493. The molecule has 2 heterocycles. The van der Waals surface area contributed by atoms with E-state index in [0.717, 1.165) is 24.1 Å². The van der Waals surface area contributed by atoms with E-state index in [1.807, 2.05) is 51.1 Å². The molecule has 4 rings (SSSR count). The van der Waals surface area contributed by atoms with Crippen molar-refractivity contribution in [1.29, 1.82) is 0 Å². The number of rotatable bonds is 5. The first-order valence-electron chi connectivity index (χ1n) is 9.50. The van der Waals surface area contributed by atoms with Crippen molar-refractivity contribution in [3.05, 3.63) is 47.6 Å². The minimum atomic E-state index is -0.566. The lowest BCUT2D eigenvalue weighted by atomic mass is 10.1. The summed E-state index contributed by atoms with van der Waals surface area (Å²) in [6.07, 6.45) is 1.66. The normalized spacial score (nSPS) is 20.2. The smallest absolute Gasteiger partial charge is 0.408 e. The first-order chi connectivity index (χ1) is 13.4. The van der Waals surface area contributed by atoms with Crippen LogP contribution < -0.4 is 5.32 Å². The van der Waals surface area contributed by atoms with Gasteiger partial charge in [-0.2, -0.15) is 4.98 Å². The summed E-state index contributed by atoms with van der Waals surface area (Å²) in [5.74, 6) is 1.10. The van der Waals surface area contributed by atoms with E-state index in [2.05, 4.69) is 20.6 Å². The van der Waals surface area contributed by atoms with Crippen LogP contribution in [0.2, 0.25) is 0 Å². The third kappa shape index (κ3) is 4.32. The van der Waals surface area contributed by atoms with Gasteiger partial charge in [0.25, 0.3) is 5.89 Å². The Hall–Kier alpha value is -2.90. The second-order valence-corrected chi connectivity index (χ2v) is 8.15. The summed E-state index contributed by atoms with van der Waals surface area (Å²) in [6.45, 7) is 5.48. The van der Waals surface area contributed by atoms with Gasteiger partial charge in [0.15, 0.2) is 5.82 Å². The van der Waals surface area contributed by atoms with Crippen molar-refractivity contribution < 1.29 is 18.9 Å². The Morgan fingerprint density at radius 1 is 1.25 bits per heavy atom. The Kier molecular flexibility index (Phi) is 4.78. The van der Waals surface area contributed by atoms with Crippen LogP contribution in [0.25, 0.3) is 0 Å². The average Bonchev–Trinajstić information content (AvgIpc) is 3.16. The first kappa shape index (κ1) is 18.5. The minimum Gasteiger partial charge on any atom is -0.444 e. The van der Waals surface area contributed by atoms with E-state index in [0.29, 0.717) is 24.1 Å². The van der Waals surface area contributed by atoms with E-state index in [1.165, 1.54) is 0 Å². The summed E-state index contributed by atoms with van der Waals surface area (Å²) >= 11 is 0. The van der Waals surface area contributed by atoms with E-state index in [4.69, 9.17) is 14.1 Å². The van der Waals surface area contributed by atoms with Gasteiger partial charge in [-0.25, -0.2) is 4.79 Å². The molecule has 28 heavy (non-hydrogen) atoms. The van der Waals surface area contributed by atoms with Gasteiger partial charge in [0.05, 0.1) is 11.8 Å². The van der Waals surface area contributed by atoms with Crippen molar-refractivity contribution in [2.45, 2.75) is 57.8 Å². The summed E-state index contributed by atoms with van der Waals surface area (Å²) in [5, 5.41) is 11.1. The second kappa shape index (κ2) is 7.26. The maximum absolute atomic E-state index is 12.2. The number of aromatic nitrogens is 2. The fourth-order valence-electron chi connectivity index (χ4n) is 3.07. The number of nitrogens with one attached hydrogen (secondary N) is 1. The molecule has 1 saturated carbocycles. The van der Waals surface area contributed by atoms with E-state index < -0.39 is 17.8 Å². The molecule has 1 fully saturated rings. The summed E-state index contributed by atoms with van der Waals surface area (Å²) in [4.78, 5) is 22.2. The van der Waals surface area contributed by atoms with E-state index in [-0.39, 0.29) is 6.04 Å². The van der Waals surface area contributed by atoms with Crippen LogP contribution in [-0.4, -0.2) is 27.5 Å². The Labute approximate surface area is 163 Å². The number of carbonyl (C=O) groups excluding carboxylic acids is 1. The molecule has 1 amide bonds. The molecular formula is C20H24N4O4. The van der Waals surface area contributed by atoms with Gasteiger partial charge in [-0.05, 0) is 45.1 Å². The van der Waals surface area contributed by atoms with E-state index in [1.54, 1.807) is 0 Å². The van der Waals surface area contributed by atoms with Crippen LogP contribution in [0.1, 0.15) is 69.5 Å². The van der Waals surface area contributed by atoms with E-state index >= 15 is 0 Å². The van der Waals surface area contributed by atoms with Crippen LogP contribution in [0.4, 0.5) is 4.79 Å². The fraction of sp³-hybridized carbons (Fsp3) is 0.500. The molecule has 1 aliphatic heterocycles. The second-order valence-electron chi connectivity index (χ2n) is 8.15. The molecule has 0 spiro atoms. The number of oxime groups is 1. The number of nitrogens with zero attached hydrogens (tertiary/aromatic N) is 3. The number of hydrogen-bond donors (Lipinski definition) is 1.